The number of aryl methyl sites for hydroxylation is 1. The van der Waals surface area contributed by atoms with E-state index in [1.54, 1.807) is 12.1 Å². The third-order valence-corrected chi connectivity index (χ3v) is 4.00. The maximum Gasteiger partial charge on any atom is 0.257 e. The molecule has 0 aliphatic rings. The van der Waals surface area contributed by atoms with E-state index in [1.807, 2.05) is 6.92 Å². The van der Waals surface area contributed by atoms with Crippen molar-refractivity contribution in [2.24, 2.45) is 0 Å². The molecule has 0 heterocycles. The Morgan fingerprint density at radius 3 is 2.71 bits per heavy atom. The number of methoxy groups -OCH3 is 1. The molecule has 0 atom stereocenters. The van der Waals surface area contributed by atoms with Gasteiger partial charge in [-0.15, -0.1) is 0 Å². The second-order valence-electron chi connectivity index (χ2n) is 4.38. The van der Waals surface area contributed by atoms with Crippen LogP contribution in [-0.2, 0) is 0 Å². The number of carbonyl (C=O) groups is 1. The predicted octanol–water partition coefficient (Wildman–Crippen LogP) is 4.81. The predicted molar refractivity (Wildman–Crippen MR) is 84.8 cm³/mol. The molecule has 3 nitrogen and oxygen atoms in total. The number of anilines is 1. The molecule has 1 N–H and O–H groups in total. The minimum absolute atomic E-state index is 0.199. The second kappa shape index (κ2) is 6.45. The van der Waals surface area contributed by atoms with Crippen LogP contribution in [0.1, 0.15) is 15.9 Å². The Bertz CT molecular complexity index is 706. The standard InChI is InChI=1S/C15H12BrClFNO2/c1-8-5-13(14(21-2)7-12(8)17)19-15(20)10-6-9(18)3-4-11(10)16/h3-7H,1-2H3,(H,19,20). The maximum atomic E-state index is 13.3. The SMILES string of the molecule is COc1cc(Cl)c(C)cc1NC(=O)c1cc(F)ccc1Br. The summed E-state index contributed by atoms with van der Waals surface area (Å²) >= 11 is 9.24. The normalized spacial score (nSPS) is 10.3. The molecule has 0 bridgehead atoms. The van der Waals surface area contributed by atoms with Gasteiger partial charge in [0.15, 0.2) is 0 Å². The van der Waals surface area contributed by atoms with Gasteiger partial charge >= 0.3 is 0 Å². The highest BCUT2D eigenvalue weighted by Gasteiger charge is 2.15. The lowest BCUT2D eigenvalue weighted by molar-refractivity contribution is 0.102. The van der Waals surface area contributed by atoms with Crippen molar-refractivity contribution in [2.45, 2.75) is 6.92 Å². The van der Waals surface area contributed by atoms with Gasteiger partial charge in [-0.25, -0.2) is 4.39 Å². The van der Waals surface area contributed by atoms with E-state index in [0.29, 0.717) is 20.9 Å². The first-order valence-corrected chi connectivity index (χ1v) is 7.20. The number of carbonyl (C=O) groups excluding carboxylic acids is 1. The van der Waals surface area contributed by atoms with Gasteiger partial charge < -0.3 is 10.1 Å². The second-order valence-corrected chi connectivity index (χ2v) is 5.64. The smallest absolute Gasteiger partial charge is 0.257 e. The van der Waals surface area contributed by atoms with Crippen LogP contribution in [0.15, 0.2) is 34.8 Å². The van der Waals surface area contributed by atoms with E-state index in [4.69, 9.17) is 16.3 Å². The molecule has 0 saturated heterocycles. The van der Waals surface area contributed by atoms with Gasteiger partial charge in [0.05, 0.1) is 18.4 Å². The molecule has 2 aromatic rings. The Morgan fingerprint density at radius 2 is 2.05 bits per heavy atom. The summed E-state index contributed by atoms with van der Waals surface area (Å²) in [6.45, 7) is 1.82. The number of amides is 1. The molecule has 21 heavy (non-hydrogen) atoms. The first-order valence-electron chi connectivity index (χ1n) is 6.03. The Hall–Kier alpha value is -1.59. The average Bonchev–Trinajstić information content (AvgIpc) is 2.45. The number of benzene rings is 2. The first-order chi connectivity index (χ1) is 9.92. The van der Waals surface area contributed by atoms with Crippen LogP contribution >= 0.6 is 27.5 Å². The fourth-order valence-electron chi connectivity index (χ4n) is 1.79. The molecule has 110 valence electrons. The summed E-state index contributed by atoms with van der Waals surface area (Å²) in [6, 6.07) is 7.23. The Kier molecular flexibility index (Phi) is 4.85. The Balaban J connectivity index is 2.35. The monoisotopic (exact) mass is 371 g/mol. The summed E-state index contributed by atoms with van der Waals surface area (Å²) in [6.07, 6.45) is 0. The zero-order valence-electron chi connectivity index (χ0n) is 11.3. The fourth-order valence-corrected chi connectivity index (χ4v) is 2.37. The van der Waals surface area contributed by atoms with Gasteiger partial charge in [-0.3, -0.25) is 4.79 Å². The number of nitrogens with one attached hydrogen (secondary N) is 1. The van der Waals surface area contributed by atoms with Crippen molar-refractivity contribution < 1.29 is 13.9 Å². The lowest BCUT2D eigenvalue weighted by Gasteiger charge is -2.13. The molecule has 0 aromatic heterocycles. The van der Waals surface area contributed by atoms with Crippen molar-refractivity contribution in [3.63, 3.8) is 0 Å². The summed E-state index contributed by atoms with van der Waals surface area (Å²) in [5.41, 5.74) is 1.47. The Morgan fingerprint density at radius 1 is 1.33 bits per heavy atom. The molecule has 6 heteroatoms. The van der Waals surface area contributed by atoms with E-state index < -0.39 is 11.7 Å². The summed E-state index contributed by atoms with van der Waals surface area (Å²) in [5.74, 6) is -0.490. The van der Waals surface area contributed by atoms with Crippen LogP contribution in [0, 0.1) is 12.7 Å². The highest BCUT2D eigenvalue weighted by molar-refractivity contribution is 9.10. The molecular weight excluding hydrogens is 361 g/mol. The van der Waals surface area contributed by atoms with Crippen molar-refractivity contribution >= 4 is 39.1 Å². The molecular formula is C15H12BrClFNO2. The van der Waals surface area contributed by atoms with Gasteiger partial charge in [-0.05, 0) is 52.7 Å². The third-order valence-electron chi connectivity index (χ3n) is 2.90. The van der Waals surface area contributed by atoms with Crippen molar-refractivity contribution in [1.29, 1.82) is 0 Å². The molecule has 0 aliphatic heterocycles. The van der Waals surface area contributed by atoms with Gasteiger partial charge in [0.25, 0.3) is 5.91 Å². The zero-order valence-corrected chi connectivity index (χ0v) is 13.7. The van der Waals surface area contributed by atoms with E-state index in [-0.39, 0.29) is 5.56 Å². The lowest BCUT2D eigenvalue weighted by atomic mass is 10.1. The minimum atomic E-state index is -0.484. The van der Waals surface area contributed by atoms with Gasteiger partial charge in [0.1, 0.15) is 11.6 Å². The maximum absolute atomic E-state index is 13.3. The molecule has 2 aromatic carbocycles. The number of halogens is 3. The van der Waals surface area contributed by atoms with Crippen LogP contribution in [0.25, 0.3) is 0 Å². The molecule has 2 rings (SSSR count). The van der Waals surface area contributed by atoms with Crippen LogP contribution in [0.4, 0.5) is 10.1 Å². The summed E-state index contributed by atoms with van der Waals surface area (Å²) < 4.78 is 19.0. The summed E-state index contributed by atoms with van der Waals surface area (Å²) in [4.78, 5) is 12.3. The van der Waals surface area contributed by atoms with Gasteiger partial charge in [0, 0.05) is 15.6 Å². The van der Waals surface area contributed by atoms with Gasteiger partial charge in [0.2, 0.25) is 0 Å². The molecule has 1 amide bonds. The van der Waals surface area contributed by atoms with E-state index in [9.17, 15) is 9.18 Å². The van der Waals surface area contributed by atoms with Crippen LogP contribution in [-0.4, -0.2) is 13.0 Å². The van der Waals surface area contributed by atoms with Crippen LogP contribution in [0.5, 0.6) is 5.75 Å². The summed E-state index contributed by atoms with van der Waals surface area (Å²) in [7, 11) is 1.48. The molecule has 0 aliphatic carbocycles. The Labute approximate surface area is 135 Å². The third kappa shape index (κ3) is 3.54. The fraction of sp³-hybridized carbons (Fsp3) is 0.133. The zero-order chi connectivity index (χ0) is 15.6. The van der Waals surface area contributed by atoms with E-state index in [1.165, 1.54) is 19.2 Å². The van der Waals surface area contributed by atoms with E-state index >= 15 is 0 Å². The van der Waals surface area contributed by atoms with E-state index in [0.717, 1.165) is 11.6 Å². The highest BCUT2D eigenvalue weighted by Crippen LogP contribution is 2.31. The van der Waals surface area contributed by atoms with Crippen LogP contribution in [0.3, 0.4) is 0 Å². The molecule has 0 saturated carbocycles. The van der Waals surface area contributed by atoms with Crippen molar-refractivity contribution in [1.82, 2.24) is 0 Å². The van der Waals surface area contributed by atoms with E-state index in [2.05, 4.69) is 21.2 Å². The molecule has 0 unspecified atom stereocenters. The van der Waals surface area contributed by atoms with Crippen LogP contribution < -0.4 is 10.1 Å². The number of ether oxygens (including phenoxy) is 1. The molecule has 0 spiro atoms. The van der Waals surface area contributed by atoms with Gasteiger partial charge in [-0.2, -0.15) is 0 Å². The summed E-state index contributed by atoms with van der Waals surface area (Å²) in [5, 5.41) is 3.23. The first kappa shape index (κ1) is 15.8. The topological polar surface area (TPSA) is 38.3 Å². The highest BCUT2D eigenvalue weighted by atomic mass is 79.9. The quantitative estimate of drug-likeness (QED) is 0.839. The lowest BCUT2D eigenvalue weighted by Crippen LogP contribution is -2.14. The molecule has 0 fully saturated rings. The van der Waals surface area contributed by atoms with Crippen molar-refractivity contribution in [3.05, 3.63) is 56.8 Å². The largest absolute Gasteiger partial charge is 0.495 e. The number of hydrogen-bond acceptors (Lipinski definition) is 2. The number of hydrogen-bond donors (Lipinski definition) is 1. The van der Waals surface area contributed by atoms with Crippen molar-refractivity contribution in [2.75, 3.05) is 12.4 Å². The molecule has 0 radical (unpaired) electrons. The minimum Gasteiger partial charge on any atom is -0.495 e. The number of rotatable bonds is 3. The van der Waals surface area contributed by atoms with Gasteiger partial charge in [-0.1, -0.05) is 11.6 Å². The average molecular weight is 373 g/mol. The van der Waals surface area contributed by atoms with Crippen LogP contribution in [0.2, 0.25) is 5.02 Å². The van der Waals surface area contributed by atoms with Crippen molar-refractivity contribution in [3.8, 4) is 5.75 Å².